The minimum atomic E-state index is -0.266. The summed E-state index contributed by atoms with van der Waals surface area (Å²) in [6.07, 6.45) is 1.69. The number of hydrogen-bond donors (Lipinski definition) is 1. The van der Waals surface area contributed by atoms with Crippen molar-refractivity contribution in [2.75, 3.05) is 6.54 Å². The maximum absolute atomic E-state index is 13.1. The summed E-state index contributed by atoms with van der Waals surface area (Å²) in [5.41, 5.74) is 0.769. The highest BCUT2D eigenvalue weighted by Crippen LogP contribution is 2.24. The van der Waals surface area contributed by atoms with Gasteiger partial charge in [-0.1, -0.05) is 13.8 Å². The third-order valence-electron chi connectivity index (χ3n) is 2.75. The number of aryl methyl sites for hydroxylation is 1. The molecule has 1 aromatic carbocycles. The molecule has 0 fully saturated rings. The Hall–Kier alpha value is -1.02. The van der Waals surface area contributed by atoms with E-state index < -0.39 is 0 Å². The molecule has 1 aromatic heterocycles. The summed E-state index contributed by atoms with van der Waals surface area (Å²) in [5, 5.41) is 11.4. The molecule has 0 aliphatic carbocycles. The van der Waals surface area contributed by atoms with Gasteiger partial charge in [-0.3, -0.25) is 0 Å². The van der Waals surface area contributed by atoms with Crippen molar-refractivity contribution in [2.24, 2.45) is 0 Å². The minimum Gasteiger partial charge on any atom is -0.421 e. The van der Waals surface area contributed by atoms with Crippen LogP contribution in [0.15, 0.2) is 22.6 Å². The van der Waals surface area contributed by atoms with E-state index in [0.29, 0.717) is 17.8 Å². The first kappa shape index (κ1) is 15.4. The van der Waals surface area contributed by atoms with Crippen LogP contribution in [0.4, 0.5) is 4.39 Å². The zero-order chi connectivity index (χ0) is 14.5. The van der Waals surface area contributed by atoms with Crippen molar-refractivity contribution in [1.29, 1.82) is 0 Å². The number of nitrogens with one attached hydrogen (secondary N) is 1. The minimum absolute atomic E-state index is 0.266. The van der Waals surface area contributed by atoms with Crippen molar-refractivity contribution in [3.63, 3.8) is 0 Å². The molecule has 108 valence electrons. The van der Waals surface area contributed by atoms with Gasteiger partial charge in [0.1, 0.15) is 5.82 Å². The zero-order valence-electron chi connectivity index (χ0n) is 11.5. The monoisotopic (exact) mass is 389 g/mol. The molecule has 0 atom stereocenters. The third kappa shape index (κ3) is 4.24. The largest absolute Gasteiger partial charge is 0.421 e. The molecular formula is C14H17FIN3O. The van der Waals surface area contributed by atoms with Gasteiger partial charge in [0.15, 0.2) is 0 Å². The smallest absolute Gasteiger partial charge is 0.248 e. The van der Waals surface area contributed by atoms with Gasteiger partial charge in [-0.2, -0.15) is 0 Å². The SMILES string of the molecule is CC(C)NCCCc1nnc(-c2ccc(F)cc2I)o1. The van der Waals surface area contributed by atoms with Crippen LogP contribution in [0.25, 0.3) is 11.5 Å². The number of aromatic nitrogens is 2. The van der Waals surface area contributed by atoms with Gasteiger partial charge in [0, 0.05) is 16.0 Å². The van der Waals surface area contributed by atoms with Crippen LogP contribution < -0.4 is 5.32 Å². The summed E-state index contributed by atoms with van der Waals surface area (Å²) in [5.74, 6) is 0.796. The van der Waals surface area contributed by atoms with Crippen LogP contribution in [0.3, 0.4) is 0 Å². The Balaban J connectivity index is 1.98. The van der Waals surface area contributed by atoms with E-state index in [9.17, 15) is 4.39 Å². The number of benzene rings is 1. The Morgan fingerprint density at radius 3 is 2.85 bits per heavy atom. The molecule has 6 heteroatoms. The van der Waals surface area contributed by atoms with E-state index in [-0.39, 0.29) is 5.82 Å². The molecule has 2 rings (SSSR count). The maximum Gasteiger partial charge on any atom is 0.248 e. The van der Waals surface area contributed by atoms with Gasteiger partial charge >= 0.3 is 0 Å². The van der Waals surface area contributed by atoms with E-state index in [1.807, 2.05) is 0 Å². The molecule has 1 heterocycles. The highest BCUT2D eigenvalue weighted by Gasteiger charge is 2.12. The van der Waals surface area contributed by atoms with Crippen LogP contribution in [0.5, 0.6) is 0 Å². The fourth-order valence-electron chi connectivity index (χ4n) is 1.76. The number of rotatable bonds is 6. The Morgan fingerprint density at radius 2 is 2.15 bits per heavy atom. The molecule has 2 aromatic rings. The first-order valence-electron chi connectivity index (χ1n) is 6.57. The molecule has 0 radical (unpaired) electrons. The summed E-state index contributed by atoms with van der Waals surface area (Å²) in [6.45, 7) is 5.14. The molecule has 0 unspecified atom stereocenters. The van der Waals surface area contributed by atoms with Crippen molar-refractivity contribution in [1.82, 2.24) is 15.5 Å². The average Bonchev–Trinajstić information content (AvgIpc) is 2.83. The van der Waals surface area contributed by atoms with E-state index in [2.05, 4.69) is 52.0 Å². The molecule has 0 amide bonds. The summed E-state index contributed by atoms with van der Waals surface area (Å²) < 4.78 is 19.4. The lowest BCUT2D eigenvalue weighted by Crippen LogP contribution is -2.23. The zero-order valence-corrected chi connectivity index (χ0v) is 13.6. The highest BCUT2D eigenvalue weighted by molar-refractivity contribution is 14.1. The normalized spacial score (nSPS) is 11.2. The number of hydrogen-bond acceptors (Lipinski definition) is 4. The van der Waals surface area contributed by atoms with Gasteiger partial charge in [0.2, 0.25) is 11.8 Å². The molecule has 4 nitrogen and oxygen atoms in total. The summed E-state index contributed by atoms with van der Waals surface area (Å²) in [6, 6.07) is 4.99. The molecule has 0 aliphatic heterocycles. The van der Waals surface area contributed by atoms with Gasteiger partial charge in [-0.25, -0.2) is 4.39 Å². The topological polar surface area (TPSA) is 51.0 Å². The van der Waals surface area contributed by atoms with Crippen LogP contribution in [0, 0.1) is 9.39 Å². The predicted octanol–water partition coefficient (Wildman–Crippen LogP) is 3.41. The van der Waals surface area contributed by atoms with Crippen LogP contribution in [-0.4, -0.2) is 22.8 Å². The van der Waals surface area contributed by atoms with Gasteiger partial charge in [-0.15, -0.1) is 10.2 Å². The van der Waals surface area contributed by atoms with E-state index in [0.717, 1.165) is 28.5 Å². The van der Waals surface area contributed by atoms with E-state index in [1.54, 1.807) is 6.07 Å². The van der Waals surface area contributed by atoms with Gasteiger partial charge in [0.05, 0.1) is 5.56 Å². The van der Waals surface area contributed by atoms with Crippen molar-refractivity contribution in [2.45, 2.75) is 32.7 Å². The Morgan fingerprint density at radius 1 is 1.35 bits per heavy atom. The Kier molecular flexibility index (Phi) is 5.47. The Bertz CT molecular complexity index is 571. The number of nitrogens with zero attached hydrogens (tertiary/aromatic N) is 2. The lowest BCUT2D eigenvalue weighted by atomic mass is 10.2. The lowest BCUT2D eigenvalue weighted by molar-refractivity contribution is 0.483. The molecule has 0 saturated heterocycles. The second-order valence-electron chi connectivity index (χ2n) is 4.84. The first-order chi connectivity index (χ1) is 9.56. The fraction of sp³-hybridized carbons (Fsp3) is 0.429. The number of halogens is 2. The predicted molar refractivity (Wildman–Crippen MR) is 83.9 cm³/mol. The Labute approximate surface area is 131 Å². The van der Waals surface area contributed by atoms with Crippen LogP contribution in [-0.2, 0) is 6.42 Å². The van der Waals surface area contributed by atoms with Crippen molar-refractivity contribution < 1.29 is 8.81 Å². The second-order valence-corrected chi connectivity index (χ2v) is 6.00. The van der Waals surface area contributed by atoms with Gasteiger partial charge in [0.25, 0.3) is 0 Å². The lowest BCUT2D eigenvalue weighted by Gasteiger charge is -2.05. The summed E-state index contributed by atoms with van der Waals surface area (Å²) >= 11 is 2.06. The highest BCUT2D eigenvalue weighted by atomic mass is 127. The van der Waals surface area contributed by atoms with Crippen LogP contribution in [0.1, 0.15) is 26.2 Å². The van der Waals surface area contributed by atoms with Crippen molar-refractivity contribution in [3.8, 4) is 11.5 Å². The average molecular weight is 389 g/mol. The van der Waals surface area contributed by atoms with Crippen LogP contribution in [0.2, 0.25) is 0 Å². The molecular weight excluding hydrogens is 372 g/mol. The van der Waals surface area contributed by atoms with Gasteiger partial charge in [-0.05, 0) is 53.8 Å². The van der Waals surface area contributed by atoms with Crippen molar-refractivity contribution >= 4 is 22.6 Å². The molecule has 0 aliphatic rings. The van der Waals surface area contributed by atoms with Crippen molar-refractivity contribution in [3.05, 3.63) is 33.5 Å². The van der Waals surface area contributed by atoms with E-state index >= 15 is 0 Å². The fourth-order valence-corrected chi connectivity index (χ4v) is 2.46. The first-order valence-corrected chi connectivity index (χ1v) is 7.65. The van der Waals surface area contributed by atoms with E-state index in [1.165, 1.54) is 12.1 Å². The molecule has 20 heavy (non-hydrogen) atoms. The maximum atomic E-state index is 13.1. The summed E-state index contributed by atoms with van der Waals surface area (Å²) in [7, 11) is 0. The molecule has 1 N–H and O–H groups in total. The quantitative estimate of drug-likeness (QED) is 0.608. The second kappa shape index (κ2) is 7.12. The van der Waals surface area contributed by atoms with E-state index in [4.69, 9.17) is 4.42 Å². The third-order valence-corrected chi connectivity index (χ3v) is 3.64. The standard InChI is InChI=1S/C14H17FIN3O/c1-9(2)17-7-3-4-13-18-19-14(20-13)11-6-5-10(15)8-12(11)16/h5-6,8-9,17H,3-4,7H2,1-2H3. The summed E-state index contributed by atoms with van der Waals surface area (Å²) in [4.78, 5) is 0. The molecule has 0 spiro atoms. The van der Waals surface area contributed by atoms with Gasteiger partial charge < -0.3 is 9.73 Å². The molecule has 0 bridgehead atoms. The molecule has 0 saturated carbocycles. The van der Waals surface area contributed by atoms with Crippen LogP contribution >= 0.6 is 22.6 Å².